The molecule has 1 fully saturated rings. The van der Waals surface area contributed by atoms with E-state index in [4.69, 9.17) is 4.74 Å². The van der Waals surface area contributed by atoms with Gasteiger partial charge >= 0.3 is 0 Å². The largest absolute Gasteiger partial charge is 0.490 e. The van der Waals surface area contributed by atoms with Crippen LogP contribution in [0.1, 0.15) is 36.0 Å². The van der Waals surface area contributed by atoms with Gasteiger partial charge in [0, 0.05) is 12.6 Å². The van der Waals surface area contributed by atoms with E-state index in [0.717, 1.165) is 12.8 Å². The van der Waals surface area contributed by atoms with Gasteiger partial charge in [-0.15, -0.1) is 0 Å². The summed E-state index contributed by atoms with van der Waals surface area (Å²) in [6.07, 6.45) is 4.91. The lowest BCUT2D eigenvalue weighted by Gasteiger charge is -2.28. The fraction of sp³-hybridized carbons (Fsp3) is 0.412. The Morgan fingerprint density at radius 3 is 2.45 bits per heavy atom. The van der Waals surface area contributed by atoms with Gasteiger partial charge in [-0.05, 0) is 37.1 Å². The van der Waals surface area contributed by atoms with Crippen molar-refractivity contribution in [2.45, 2.75) is 31.2 Å². The second-order valence-corrected chi connectivity index (χ2v) is 5.45. The molecule has 1 aliphatic rings. The molecule has 22 heavy (non-hydrogen) atoms. The summed E-state index contributed by atoms with van der Waals surface area (Å²) >= 11 is 0. The highest BCUT2D eigenvalue weighted by Gasteiger charge is 2.41. The summed E-state index contributed by atoms with van der Waals surface area (Å²) in [6.45, 7) is 4.01. The SMILES string of the molecule is C=CCOc1ccc(C(=O)NC2(C(=O)NC)CCCC2)cc1. The quantitative estimate of drug-likeness (QED) is 0.790. The van der Waals surface area contributed by atoms with Crippen LogP contribution in [0.4, 0.5) is 0 Å². The lowest BCUT2D eigenvalue weighted by Crippen LogP contribution is -2.56. The monoisotopic (exact) mass is 302 g/mol. The second-order valence-electron chi connectivity index (χ2n) is 5.45. The molecule has 1 aliphatic carbocycles. The van der Waals surface area contributed by atoms with Crippen LogP contribution in [-0.4, -0.2) is 31.0 Å². The molecule has 2 rings (SSSR count). The third-order valence-electron chi connectivity index (χ3n) is 3.96. The Morgan fingerprint density at radius 1 is 1.27 bits per heavy atom. The summed E-state index contributed by atoms with van der Waals surface area (Å²) in [5.41, 5.74) is -0.259. The summed E-state index contributed by atoms with van der Waals surface area (Å²) in [7, 11) is 1.60. The molecule has 2 amide bonds. The van der Waals surface area contributed by atoms with Gasteiger partial charge in [0.1, 0.15) is 17.9 Å². The molecule has 5 heteroatoms. The Kier molecular flexibility index (Phi) is 5.20. The minimum atomic E-state index is -0.774. The highest BCUT2D eigenvalue weighted by Crippen LogP contribution is 2.30. The van der Waals surface area contributed by atoms with Crippen molar-refractivity contribution in [2.75, 3.05) is 13.7 Å². The summed E-state index contributed by atoms with van der Waals surface area (Å²) in [4.78, 5) is 24.5. The van der Waals surface area contributed by atoms with Crippen molar-refractivity contribution in [1.82, 2.24) is 10.6 Å². The number of hydrogen-bond acceptors (Lipinski definition) is 3. The molecule has 0 heterocycles. The maximum absolute atomic E-state index is 12.4. The number of likely N-dealkylation sites (N-methyl/N-ethyl adjacent to an activating group) is 1. The van der Waals surface area contributed by atoms with Gasteiger partial charge < -0.3 is 15.4 Å². The molecule has 0 radical (unpaired) electrons. The van der Waals surface area contributed by atoms with E-state index < -0.39 is 5.54 Å². The van der Waals surface area contributed by atoms with Crippen molar-refractivity contribution < 1.29 is 14.3 Å². The van der Waals surface area contributed by atoms with E-state index in [-0.39, 0.29) is 11.8 Å². The molecular formula is C17H22N2O3. The molecule has 0 atom stereocenters. The van der Waals surface area contributed by atoms with E-state index in [9.17, 15) is 9.59 Å². The molecule has 118 valence electrons. The first kappa shape index (κ1) is 16.1. The smallest absolute Gasteiger partial charge is 0.252 e. The molecule has 2 N–H and O–H groups in total. The topological polar surface area (TPSA) is 67.4 Å². The normalized spacial score (nSPS) is 15.9. The molecule has 0 aromatic heterocycles. The maximum Gasteiger partial charge on any atom is 0.252 e. The maximum atomic E-state index is 12.4. The fourth-order valence-electron chi connectivity index (χ4n) is 2.77. The number of carbonyl (C=O) groups is 2. The Morgan fingerprint density at radius 2 is 1.91 bits per heavy atom. The lowest BCUT2D eigenvalue weighted by atomic mass is 9.95. The Hall–Kier alpha value is -2.30. The van der Waals surface area contributed by atoms with Crippen molar-refractivity contribution in [3.05, 3.63) is 42.5 Å². The van der Waals surface area contributed by atoms with Crippen molar-refractivity contribution in [3.63, 3.8) is 0 Å². The van der Waals surface area contributed by atoms with Crippen LogP contribution in [0.15, 0.2) is 36.9 Å². The summed E-state index contributed by atoms with van der Waals surface area (Å²) in [5.74, 6) is 0.323. The van der Waals surface area contributed by atoms with Crippen LogP contribution in [0.25, 0.3) is 0 Å². The van der Waals surface area contributed by atoms with Crippen LogP contribution in [-0.2, 0) is 4.79 Å². The van der Waals surface area contributed by atoms with Gasteiger partial charge in [-0.3, -0.25) is 9.59 Å². The summed E-state index contributed by atoms with van der Waals surface area (Å²) in [6, 6.07) is 6.86. The number of nitrogens with one attached hydrogen (secondary N) is 2. The van der Waals surface area contributed by atoms with Gasteiger partial charge in [-0.2, -0.15) is 0 Å². The predicted molar refractivity (Wildman–Crippen MR) is 84.9 cm³/mol. The van der Waals surface area contributed by atoms with Crippen molar-refractivity contribution in [3.8, 4) is 5.75 Å². The standard InChI is InChI=1S/C17H22N2O3/c1-3-12-22-14-8-6-13(7-9-14)15(20)19-17(16(21)18-2)10-4-5-11-17/h3,6-9H,1,4-5,10-12H2,2H3,(H,18,21)(H,19,20). The first-order valence-electron chi connectivity index (χ1n) is 7.50. The molecule has 0 bridgehead atoms. The van der Waals surface area contributed by atoms with E-state index in [0.29, 0.717) is 30.8 Å². The van der Waals surface area contributed by atoms with Gasteiger partial charge in [0.15, 0.2) is 0 Å². The van der Waals surface area contributed by atoms with E-state index in [2.05, 4.69) is 17.2 Å². The van der Waals surface area contributed by atoms with Gasteiger partial charge in [-0.25, -0.2) is 0 Å². The van der Waals surface area contributed by atoms with Crippen LogP contribution >= 0.6 is 0 Å². The number of amides is 2. The highest BCUT2D eigenvalue weighted by atomic mass is 16.5. The minimum absolute atomic E-state index is 0.121. The zero-order chi connectivity index (χ0) is 16.0. The van der Waals surface area contributed by atoms with Crippen LogP contribution in [0.3, 0.4) is 0 Å². The van der Waals surface area contributed by atoms with Crippen LogP contribution in [0.5, 0.6) is 5.75 Å². The van der Waals surface area contributed by atoms with E-state index in [1.54, 1.807) is 37.4 Å². The molecule has 1 aromatic carbocycles. The van der Waals surface area contributed by atoms with E-state index >= 15 is 0 Å². The molecule has 0 spiro atoms. The predicted octanol–water partition coefficient (Wildman–Crippen LogP) is 2.04. The fourth-order valence-corrected chi connectivity index (χ4v) is 2.77. The Bertz CT molecular complexity index is 546. The lowest BCUT2D eigenvalue weighted by molar-refractivity contribution is -0.126. The number of rotatable bonds is 6. The second kappa shape index (κ2) is 7.11. The third kappa shape index (κ3) is 3.47. The van der Waals surface area contributed by atoms with E-state index in [1.807, 2.05) is 0 Å². The number of carbonyl (C=O) groups excluding carboxylic acids is 2. The molecule has 5 nitrogen and oxygen atoms in total. The molecule has 1 saturated carbocycles. The first-order valence-corrected chi connectivity index (χ1v) is 7.50. The Balaban J connectivity index is 2.07. The number of ether oxygens (including phenoxy) is 1. The summed E-state index contributed by atoms with van der Waals surface area (Å²) in [5, 5.41) is 5.57. The highest BCUT2D eigenvalue weighted by molar-refractivity contribution is 5.99. The number of benzene rings is 1. The van der Waals surface area contributed by atoms with Crippen LogP contribution in [0.2, 0.25) is 0 Å². The zero-order valence-corrected chi connectivity index (χ0v) is 12.9. The molecule has 1 aromatic rings. The van der Waals surface area contributed by atoms with Crippen LogP contribution < -0.4 is 15.4 Å². The average molecular weight is 302 g/mol. The van der Waals surface area contributed by atoms with Gasteiger partial charge in [0.2, 0.25) is 5.91 Å². The first-order chi connectivity index (χ1) is 10.6. The van der Waals surface area contributed by atoms with Crippen molar-refractivity contribution >= 4 is 11.8 Å². The van der Waals surface area contributed by atoms with Crippen LogP contribution in [0, 0.1) is 0 Å². The van der Waals surface area contributed by atoms with Gasteiger partial charge in [-0.1, -0.05) is 25.5 Å². The molecular weight excluding hydrogens is 280 g/mol. The zero-order valence-electron chi connectivity index (χ0n) is 12.9. The van der Waals surface area contributed by atoms with Crippen molar-refractivity contribution in [1.29, 1.82) is 0 Å². The van der Waals surface area contributed by atoms with Crippen molar-refractivity contribution in [2.24, 2.45) is 0 Å². The third-order valence-corrected chi connectivity index (χ3v) is 3.96. The molecule has 0 saturated heterocycles. The summed E-state index contributed by atoms with van der Waals surface area (Å²) < 4.78 is 5.38. The molecule has 0 aliphatic heterocycles. The average Bonchev–Trinajstić information content (AvgIpc) is 3.02. The van der Waals surface area contributed by atoms with Gasteiger partial charge in [0.05, 0.1) is 0 Å². The minimum Gasteiger partial charge on any atom is -0.490 e. The van der Waals surface area contributed by atoms with Gasteiger partial charge in [0.25, 0.3) is 5.91 Å². The Labute approximate surface area is 130 Å². The molecule has 0 unspecified atom stereocenters. The van der Waals surface area contributed by atoms with E-state index in [1.165, 1.54) is 0 Å². The number of hydrogen-bond donors (Lipinski definition) is 2.